The van der Waals surface area contributed by atoms with E-state index in [2.05, 4.69) is 33.8 Å². The van der Waals surface area contributed by atoms with E-state index in [9.17, 15) is 4.79 Å². The van der Waals surface area contributed by atoms with Crippen molar-refractivity contribution >= 4 is 28.3 Å². The number of hydrogen-bond acceptors (Lipinski definition) is 2. The molecule has 3 rings (SSSR count). The van der Waals surface area contributed by atoms with Gasteiger partial charge in [0.1, 0.15) is 0 Å². The van der Waals surface area contributed by atoms with Crippen LogP contribution in [0.5, 0.6) is 0 Å². The van der Waals surface area contributed by atoms with E-state index >= 15 is 0 Å². The number of rotatable bonds is 4. The quantitative estimate of drug-likeness (QED) is 0.591. The van der Waals surface area contributed by atoms with Crippen molar-refractivity contribution in [1.29, 1.82) is 0 Å². The number of nitrogens with two attached hydrogens (primary N) is 1. The summed E-state index contributed by atoms with van der Waals surface area (Å²) in [6, 6.07) is 15.1. The van der Waals surface area contributed by atoms with E-state index in [1.165, 1.54) is 10.9 Å². The maximum absolute atomic E-state index is 10.8. The summed E-state index contributed by atoms with van der Waals surface area (Å²) >= 11 is 0. The minimum absolute atomic E-state index is 0.560. The molecule has 0 aliphatic heterocycles. The highest BCUT2D eigenvalue weighted by Crippen LogP contribution is 2.19. The van der Waals surface area contributed by atoms with Crippen molar-refractivity contribution in [3.05, 3.63) is 60.3 Å². The van der Waals surface area contributed by atoms with Crippen molar-refractivity contribution in [2.24, 2.45) is 5.73 Å². The Labute approximate surface area is 122 Å². The summed E-state index contributed by atoms with van der Waals surface area (Å²) in [4.78, 5) is 14.0. The summed E-state index contributed by atoms with van der Waals surface area (Å²) in [5, 5.41) is 7.12. The van der Waals surface area contributed by atoms with Gasteiger partial charge in [0.05, 0.1) is 0 Å². The van der Waals surface area contributed by atoms with Crippen molar-refractivity contribution < 1.29 is 4.79 Å². The van der Waals surface area contributed by atoms with Crippen LogP contribution in [0, 0.1) is 0 Å². The SMILES string of the molecule is NC(=O)Nc1ccc(NCc2cccc3[nH]ccc23)cc1. The number of aromatic nitrogens is 1. The molecule has 0 saturated carbocycles. The Hall–Kier alpha value is -2.95. The van der Waals surface area contributed by atoms with Gasteiger partial charge in [0, 0.05) is 35.0 Å². The zero-order valence-electron chi connectivity index (χ0n) is 11.4. The number of carbonyl (C=O) groups is 1. The summed E-state index contributed by atoms with van der Waals surface area (Å²) in [5.41, 5.74) is 9.10. The molecule has 5 nitrogen and oxygen atoms in total. The van der Waals surface area contributed by atoms with E-state index in [1.807, 2.05) is 36.5 Å². The van der Waals surface area contributed by atoms with Gasteiger partial charge in [0.25, 0.3) is 0 Å². The molecule has 106 valence electrons. The molecular formula is C16H16N4O. The van der Waals surface area contributed by atoms with E-state index < -0.39 is 6.03 Å². The van der Waals surface area contributed by atoms with E-state index in [4.69, 9.17) is 5.73 Å². The minimum atomic E-state index is -0.560. The fourth-order valence-electron chi connectivity index (χ4n) is 2.32. The molecule has 0 aliphatic rings. The zero-order valence-corrected chi connectivity index (χ0v) is 11.4. The van der Waals surface area contributed by atoms with Crippen LogP contribution in [-0.4, -0.2) is 11.0 Å². The van der Waals surface area contributed by atoms with Crippen molar-refractivity contribution in [3.63, 3.8) is 0 Å². The Morgan fingerprint density at radius 2 is 1.81 bits per heavy atom. The first-order valence-electron chi connectivity index (χ1n) is 6.68. The van der Waals surface area contributed by atoms with Crippen LogP contribution in [-0.2, 0) is 6.54 Å². The van der Waals surface area contributed by atoms with Crippen molar-refractivity contribution in [2.45, 2.75) is 6.54 Å². The van der Waals surface area contributed by atoms with Crippen molar-refractivity contribution in [1.82, 2.24) is 4.98 Å². The Morgan fingerprint density at radius 1 is 1.05 bits per heavy atom. The van der Waals surface area contributed by atoms with Gasteiger partial charge in [0.15, 0.2) is 0 Å². The minimum Gasteiger partial charge on any atom is -0.381 e. The molecule has 2 amide bonds. The van der Waals surface area contributed by atoms with Crippen molar-refractivity contribution in [2.75, 3.05) is 10.6 Å². The van der Waals surface area contributed by atoms with Crippen molar-refractivity contribution in [3.8, 4) is 0 Å². The summed E-state index contributed by atoms with van der Waals surface area (Å²) in [7, 11) is 0. The molecule has 3 aromatic rings. The highest BCUT2D eigenvalue weighted by Gasteiger charge is 2.02. The fraction of sp³-hybridized carbons (Fsp3) is 0.0625. The third-order valence-corrected chi connectivity index (χ3v) is 3.32. The number of anilines is 2. The van der Waals surface area contributed by atoms with Gasteiger partial charge in [-0.15, -0.1) is 0 Å². The Balaban J connectivity index is 1.70. The summed E-state index contributed by atoms with van der Waals surface area (Å²) in [5.74, 6) is 0. The molecule has 0 aliphatic carbocycles. The van der Waals surface area contributed by atoms with Gasteiger partial charge in [0.2, 0.25) is 0 Å². The molecule has 0 unspecified atom stereocenters. The number of benzene rings is 2. The van der Waals surface area contributed by atoms with Crippen LogP contribution < -0.4 is 16.4 Å². The number of H-pyrrole nitrogens is 1. The maximum atomic E-state index is 10.8. The largest absolute Gasteiger partial charge is 0.381 e. The maximum Gasteiger partial charge on any atom is 0.316 e. The molecule has 1 heterocycles. The molecule has 5 N–H and O–H groups in total. The second kappa shape index (κ2) is 5.58. The van der Waals surface area contributed by atoms with E-state index in [0.29, 0.717) is 5.69 Å². The van der Waals surface area contributed by atoms with Crippen LogP contribution in [0.15, 0.2) is 54.7 Å². The number of amides is 2. The van der Waals surface area contributed by atoms with Crippen LogP contribution >= 0.6 is 0 Å². The van der Waals surface area contributed by atoms with Gasteiger partial charge in [-0.2, -0.15) is 0 Å². The predicted octanol–water partition coefficient (Wildman–Crippen LogP) is 3.27. The normalized spacial score (nSPS) is 10.5. The first-order chi connectivity index (χ1) is 10.2. The standard InChI is InChI=1S/C16H16N4O/c17-16(21)20-13-6-4-12(5-7-13)19-10-11-2-1-3-15-14(11)8-9-18-15/h1-9,18-19H,10H2,(H3,17,20,21). The second-order valence-electron chi connectivity index (χ2n) is 4.78. The monoisotopic (exact) mass is 280 g/mol. The fourth-order valence-corrected chi connectivity index (χ4v) is 2.32. The second-order valence-corrected chi connectivity index (χ2v) is 4.78. The predicted molar refractivity (Wildman–Crippen MR) is 85.3 cm³/mol. The van der Waals surface area contributed by atoms with Gasteiger partial charge >= 0.3 is 6.03 Å². The van der Waals surface area contributed by atoms with Crippen LogP contribution in [0.1, 0.15) is 5.56 Å². The van der Waals surface area contributed by atoms with E-state index in [1.54, 1.807) is 0 Å². The number of aromatic amines is 1. The number of nitrogens with one attached hydrogen (secondary N) is 3. The topological polar surface area (TPSA) is 82.9 Å². The molecule has 2 aromatic carbocycles. The average Bonchev–Trinajstić information content (AvgIpc) is 2.95. The molecule has 0 saturated heterocycles. The lowest BCUT2D eigenvalue weighted by Crippen LogP contribution is -2.19. The molecule has 0 atom stereocenters. The number of primary amides is 1. The lowest BCUT2D eigenvalue weighted by atomic mass is 10.1. The number of urea groups is 1. The Bertz CT molecular complexity index is 761. The molecular weight excluding hydrogens is 264 g/mol. The molecule has 0 bridgehead atoms. The van der Waals surface area contributed by atoms with Gasteiger partial charge in [-0.05, 0) is 42.0 Å². The lowest BCUT2D eigenvalue weighted by Gasteiger charge is -2.09. The first-order valence-corrected chi connectivity index (χ1v) is 6.68. The molecule has 0 fully saturated rings. The van der Waals surface area contributed by atoms with Gasteiger partial charge in [-0.3, -0.25) is 0 Å². The summed E-state index contributed by atoms with van der Waals surface area (Å²) in [6.45, 7) is 0.734. The third-order valence-electron chi connectivity index (χ3n) is 3.32. The van der Waals surface area contributed by atoms with Gasteiger partial charge in [-0.1, -0.05) is 12.1 Å². The third kappa shape index (κ3) is 2.97. The molecule has 0 spiro atoms. The Kier molecular flexibility index (Phi) is 3.47. The average molecular weight is 280 g/mol. The van der Waals surface area contributed by atoms with Crippen LogP contribution in [0.2, 0.25) is 0 Å². The number of fused-ring (bicyclic) bond motifs is 1. The van der Waals surface area contributed by atoms with E-state index in [0.717, 1.165) is 17.7 Å². The highest BCUT2D eigenvalue weighted by atomic mass is 16.2. The first kappa shape index (κ1) is 13.1. The molecule has 5 heteroatoms. The Morgan fingerprint density at radius 3 is 2.57 bits per heavy atom. The highest BCUT2D eigenvalue weighted by molar-refractivity contribution is 5.88. The number of carbonyl (C=O) groups excluding carboxylic acids is 1. The van der Waals surface area contributed by atoms with Crippen LogP contribution in [0.3, 0.4) is 0 Å². The zero-order chi connectivity index (χ0) is 14.7. The van der Waals surface area contributed by atoms with Gasteiger partial charge < -0.3 is 21.4 Å². The van der Waals surface area contributed by atoms with Gasteiger partial charge in [-0.25, -0.2) is 4.79 Å². The smallest absolute Gasteiger partial charge is 0.316 e. The summed E-state index contributed by atoms with van der Waals surface area (Å²) < 4.78 is 0. The number of hydrogen-bond donors (Lipinski definition) is 4. The summed E-state index contributed by atoms with van der Waals surface area (Å²) in [6.07, 6.45) is 1.94. The molecule has 0 radical (unpaired) electrons. The van der Waals surface area contributed by atoms with Crippen LogP contribution in [0.4, 0.5) is 16.2 Å². The van der Waals surface area contributed by atoms with E-state index in [-0.39, 0.29) is 0 Å². The molecule has 1 aromatic heterocycles. The lowest BCUT2D eigenvalue weighted by molar-refractivity contribution is 0.259. The van der Waals surface area contributed by atoms with Crippen LogP contribution in [0.25, 0.3) is 10.9 Å². The molecule has 21 heavy (non-hydrogen) atoms.